The van der Waals surface area contributed by atoms with Gasteiger partial charge in [-0.25, -0.2) is 0 Å². The summed E-state index contributed by atoms with van der Waals surface area (Å²) < 4.78 is 0. The van der Waals surface area contributed by atoms with Crippen LogP contribution in [-0.4, -0.2) is 22.3 Å². The summed E-state index contributed by atoms with van der Waals surface area (Å²) in [5.41, 5.74) is 6.23. The highest BCUT2D eigenvalue weighted by Gasteiger charge is 2.22. The van der Waals surface area contributed by atoms with Crippen LogP contribution in [0.5, 0.6) is 0 Å². The molecular weight excluding hydrogens is 264 g/mol. The van der Waals surface area contributed by atoms with E-state index in [9.17, 15) is 4.79 Å². The Hall–Kier alpha value is -2.40. The first kappa shape index (κ1) is 13.6. The molecule has 1 aromatic heterocycles. The summed E-state index contributed by atoms with van der Waals surface area (Å²) in [5, 5.41) is 0. The number of aryl methyl sites for hydroxylation is 1. The second-order valence-corrected chi connectivity index (χ2v) is 5.16. The number of nitrogen functional groups attached to an aromatic ring is 1. The van der Waals surface area contributed by atoms with Crippen molar-refractivity contribution in [1.29, 1.82) is 0 Å². The van der Waals surface area contributed by atoms with E-state index in [1.165, 1.54) is 11.1 Å². The minimum atomic E-state index is -0.0345. The fraction of sp³-hybridized carbons (Fsp3) is 0.250. The highest BCUT2D eigenvalue weighted by molar-refractivity contribution is 5.99. The molecule has 21 heavy (non-hydrogen) atoms. The summed E-state index contributed by atoms with van der Waals surface area (Å²) in [7, 11) is 0. The number of hydrazine groups is 1. The Kier molecular flexibility index (Phi) is 3.83. The fourth-order valence-electron chi connectivity index (χ4n) is 2.74. The molecule has 3 rings (SSSR count). The molecule has 2 heterocycles. The van der Waals surface area contributed by atoms with Gasteiger partial charge in [-0.05, 0) is 30.0 Å². The van der Waals surface area contributed by atoms with Crippen molar-refractivity contribution in [1.82, 2.24) is 9.88 Å². The number of nitrogens with two attached hydrogens (primary N) is 1. The van der Waals surface area contributed by atoms with Crippen LogP contribution in [0.4, 0.5) is 5.69 Å². The van der Waals surface area contributed by atoms with Gasteiger partial charge in [-0.15, -0.1) is 0 Å². The minimum absolute atomic E-state index is 0.0345. The maximum atomic E-state index is 12.7. The summed E-state index contributed by atoms with van der Waals surface area (Å²) in [6, 6.07) is 10.0. The van der Waals surface area contributed by atoms with E-state index in [2.05, 4.69) is 22.5 Å². The average Bonchev–Trinajstić information content (AvgIpc) is 2.76. The number of pyridine rings is 1. The zero-order chi connectivity index (χ0) is 14.7. The molecule has 0 fully saturated rings. The molecule has 0 atom stereocenters. The average molecular weight is 282 g/mol. The first-order valence-corrected chi connectivity index (χ1v) is 7.06. The lowest BCUT2D eigenvalue weighted by Gasteiger charge is -2.22. The molecule has 0 unspecified atom stereocenters. The zero-order valence-electron chi connectivity index (χ0n) is 11.7. The van der Waals surface area contributed by atoms with Gasteiger partial charge < -0.3 is 10.3 Å². The summed E-state index contributed by atoms with van der Waals surface area (Å²) in [5.74, 6) is 5.44. The number of aromatic nitrogens is 1. The smallest absolute Gasteiger partial charge is 0.257 e. The van der Waals surface area contributed by atoms with E-state index in [1.807, 2.05) is 17.0 Å². The third-order valence-electron chi connectivity index (χ3n) is 3.85. The first-order valence-electron chi connectivity index (χ1n) is 7.06. The molecule has 5 nitrogen and oxygen atoms in total. The Balaban J connectivity index is 1.88. The Labute approximate surface area is 123 Å². The van der Waals surface area contributed by atoms with Crippen molar-refractivity contribution in [2.75, 3.05) is 12.0 Å². The summed E-state index contributed by atoms with van der Waals surface area (Å²) in [4.78, 5) is 18.6. The lowest BCUT2D eigenvalue weighted by Crippen LogP contribution is -2.31. The molecule has 3 N–H and O–H groups in total. The van der Waals surface area contributed by atoms with Crippen molar-refractivity contribution in [3.63, 3.8) is 0 Å². The molecule has 0 aliphatic carbocycles. The number of rotatable bonds is 2. The van der Waals surface area contributed by atoms with E-state index < -0.39 is 0 Å². The van der Waals surface area contributed by atoms with Crippen LogP contribution >= 0.6 is 0 Å². The van der Waals surface area contributed by atoms with Gasteiger partial charge in [0.2, 0.25) is 0 Å². The van der Waals surface area contributed by atoms with Crippen LogP contribution in [0.25, 0.3) is 0 Å². The largest absolute Gasteiger partial charge is 0.334 e. The minimum Gasteiger partial charge on any atom is -0.334 e. The lowest BCUT2D eigenvalue weighted by atomic mass is 10.0. The van der Waals surface area contributed by atoms with Crippen LogP contribution in [0.15, 0.2) is 42.7 Å². The highest BCUT2D eigenvalue weighted by Crippen LogP contribution is 2.22. The van der Waals surface area contributed by atoms with E-state index in [0.29, 0.717) is 17.8 Å². The van der Waals surface area contributed by atoms with Gasteiger partial charge in [0.25, 0.3) is 5.91 Å². The van der Waals surface area contributed by atoms with E-state index in [4.69, 9.17) is 5.84 Å². The van der Waals surface area contributed by atoms with Crippen molar-refractivity contribution < 1.29 is 4.79 Å². The second-order valence-electron chi connectivity index (χ2n) is 5.16. The van der Waals surface area contributed by atoms with Crippen molar-refractivity contribution in [2.24, 2.45) is 5.84 Å². The molecule has 2 aromatic rings. The SMILES string of the molecule is NNc1ccncc1C(=O)N1CCCc2ccccc2C1. The molecule has 1 aliphatic heterocycles. The highest BCUT2D eigenvalue weighted by atomic mass is 16.2. The maximum Gasteiger partial charge on any atom is 0.257 e. The zero-order valence-corrected chi connectivity index (χ0v) is 11.7. The number of anilines is 1. The van der Waals surface area contributed by atoms with Crippen LogP contribution in [-0.2, 0) is 13.0 Å². The number of carbonyl (C=O) groups excluding carboxylic acids is 1. The van der Waals surface area contributed by atoms with Crippen LogP contribution in [0.1, 0.15) is 27.9 Å². The lowest BCUT2D eigenvalue weighted by molar-refractivity contribution is 0.0746. The van der Waals surface area contributed by atoms with E-state index in [0.717, 1.165) is 19.4 Å². The molecule has 1 amide bonds. The molecule has 0 bridgehead atoms. The van der Waals surface area contributed by atoms with E-state index in [1.54, 1.807) is 18.5 Å². The number of hydrogen-bond acceptors (Lipinski definition) is 4. The molecule has 0 saturated heterocycles. The third kappa shape index (κ3) is 2.73. The van der Waals surface area contributed by atoms with Gasteiger partial charge in [0.15, 0.2) is 0 Å². The Morgan fingerprint density at radius 2 is 2.05 bits per heavy atom. The topological polar surface area (TPSA) is 71.2 Å². The van der Waals surface area contributed by atoms with Gasteiger partial charge >= 0.3 is 0 Å². The number of hydrogen-bond donors (Lipinski definition) is 2. The molecule has 1 aromatic carbocycles. The number of amides is 1. The standard InChI is InChI=1S/C16H18N4O/c17-19-15-7-8-18-10-14(15)16(21)20-9-3-6-12-4-1-2-5-13(12)11-20/h1-2,4-5,7-8,10H,3,6,9,11,17H2,(H,18,19). The molecular formula is C16H18N4O. The van der Waals surface area contributed by atoms with Crippen LogP contribution in [0, 0.1) is 0 Å². The molecule has 0 spiro atoms. The number of nitrogens with zero attached hydrogens (tertiary/aromatic N) is 2. The molecule has 1 aliphatic rings. The number of fused-ring (bicyclic) bond motifs is 1. The third-order valence-corrected chi connectivity index (χ3v) is 3.85. The summed E-state index contributed by atoms with van der Waals surface area (Å²) in [6.07, 6.45) is 5.15. The Morgan fingerprint density at radius 1 is 1.24 bits per heavy atom. The predicted octanol–water partition coefficient (Wildman–Crippen LogP) is 1.96. The van der Waals surface area contributed by atoms with Crippen molar-refractivity contribution in [3.8, 4) is 0 Å². The first-order chi connectivity index (χ1) is 10.3. The van der Waals surface area contributed by atoms with Crippen LogP contribution in [0.2, 0.25) is 0 Å². The van der Waals surface area contributed by atoms with Gasteiger partial charge in [-0.3, -0.25) is 15.6 Å². The monoisotopic (exact) mass is 282 g/mol. The molecule has 5 heteroatoms. The molecule has 0 saturated carbocycles. The van der Waals surface area contributed by atoms with Crippen LogP contribution < -0.4 is 11.3 Å². The normalized spacial score (nSPS) is 14.2. The maximum absolute atomic E-state index is 12.7. The predicted molar refractivity (Wildman–Crippen MR) is 81.6 cm³/mol. The van der Waals surface area contributed by atoms with E-state index >= 15 is 0 Å². The van der Waals surface area contributed by atoms with Crippen molar-refractivity contribution in [2.45, 2.75) is 19.4 Å². The Morgan fingerprint density at radius 3 is 2.86 bits per heavy atom. The summed E-state index contributed by atoms with van der Waals surface area (Å²) in [6.45, 7) is 1.38. The van der Waals surface area contributed by atoms with Gasteiger partial charge in [-0.1, -0.05) is 24.3 Å². The van der Waals surface area contributed by atoms with Crippen molar-refractivity contribution >= 4 is 11.6 Å². The van der Waals surface area contributed by atoms with E-state index in [-0.39, 0.29) is 5.91 Å². The van der Waals surface area contributed by atoms with Crippen LogP contribution in [0.3, 0.4) is 0 Å². The number of nitrogens with one attached hydrogen (secondary N) is 1. The molecule has 0 radical (unpaired) electrons. The second kappa shape index (κ2) is 5.93. The van der Waals surface area contributed by atoms with Gasteiger partial charge in [0.1, 0.15) is 0 Å². The fourth-order valence-corrected chi connectivity index (χ4v) is 2.74. The number of carbonyl (C=O) groups is 1. The summed E-state index contributed by atoms with van der Waals surface area (Å²) >= 11 is 0. The quantitative estimate of drug-likeness (QED) is 0.652. The van der Waals surface area contributed by atoms with Gasteiger partial charge in [-0.2, -0.15) is 0 Å². The number of benzene rings is 1. The molecule has 108 valence electrons. The van der Waals surface area contributed by atoms with Gasteiger partial charge in [0, 0.05) is 25.5 Å². The van der Waals surface area contributed by atoms with Gasteiger partial charge in [0.05, 0.1) is 11.3 Å². The Bertz CT molecular complexity index is 656. The van der Waals surface area contributed by atoms with Crippen molar-refractivity contribution in [3.05, 3.63) is 59.4 Å².